The van der Waals surface area contributed by atoms with Crippen LogP contribution in [0.15, 0.2) is 53.4 Å². The van der Waals surface area contributed by atoms with Crippen LogP contribution in [0.5, 0.6) is 0 Å². The zero-order chi connectivity index (χ0) is 32.5. The van der Waals surface area contributed by atoms with E-state index in [1.165, 1.54) is 20.1 Å². The van der Waals surface area contributed by atoms with Crippen molar-refractivity contribution in [2.24, 2.45) is 17.8 Å². The van der Waals surface area contributed by atoms with Gasteiger partial charge in [0.05, 0.1) is 17.3 Å². The second kappa shape index (κ2) is 13.5. The molecule has 2 amide bonds. The van der Waals surface area contributed by atoms with Crippen molar-refractivity contribution in [3.63, 3.8) is 0 Å². The lowest BCUT2D eigenvalue weighted by Crippen LogP contribution is -2.58. The van der Waals surface area contributed by atoms with Gasteiger partial charge in [-0.1, -0.05) is 18.6 Å². The van der Waals surface area contributed by atoms with E-state index in [4.69, 9.17) is 4.74 Å². The van der Waals surface area contributed by atoms with Crippen molar-refractivity contribution in [3.8, 4) is 0 Å². The number of rotatable bonds is 11. The lowest BCUT2D eigenvalue weighted by Gasteiger charge is -2.51. The SMILES string of the molecule is COC(=O)N[C@H]1CCC[C@@H]1C(CNC(C)=O)(c1cccc(F)c1)C1CCN(CC2CN(c3ccc(S(=O)(=O)C4CC4)cc3)C2)CC1. The van der Waals surface area contributed by atoms with E-state index in [9.17, 15) is 22.4 Å². The van der Waals surface area contributed by atoms with Gasteiger partial charge in [0.25, 0.3) is 0 Å². The van der Waals surface area contributed by atoms with Crippen LogP contribution in [0.4, 0.5) is 14.9 Å². The van der Waals surface area contributed by atoms with Crippen LogP contribution in [0.2, 0.25) is 0 Å². The van der Waals surface area contributed by atoms with E-state index in [2.05, 4.69) is 20.4 Å². The Kier molecular flexibility index (Phi) is 9.62. The minimum absolute atomic E-state index is 0.0163. The number of halogens is 1. The van der Waals surface area contributed by atoms with Gasteiger partial charge in [0.15, 0.2) is 9.84 Å². The Bertz CT molecular complexity index is 1500. The summed E-state index contributed by atoms with van der Waals surface area (Å²) in [4.78, 5) is 29.9. The van der Waals surface area contributed by atoms with Gasteiger partial charge >= 0.3 is 6.09 Å². The fourth-order valence-corrected chi connectivity index (χ4v) is 10.1. The van der Waals surface area contributed by atoms with E-state index in [1.54, 1.807) is 24.3 Å². The van der Waals surface area contributed by atoms with E-state index < -0.39 is 21.3 Å². The first-order valence-electron chi connectivity index (χ1n) is 16.8. The molecule has 6 rings (SSSR count). The standard InChI is InChI=1S/C35H47FN4O5S/c1-24(41)37-23-35(27-5-3-6-28(36)19-27,32-7-4-8-33(32)38-34(42)45-2)26-15-17-39(18-16-26)20-25-21-40(22-25)29-9-11-30(12-10-29)46(43,44)31-13-14-31/h3,5-6,9-12,19,25-26,31-33H,4,7-8,13-18,20-23H2,1-2H3,(H,37,41)(H,38,42)/t32-,33-,35?/m0/s1. The maximum atomic E-state index is 14.8. The number of amides is 2. The number of piperidine rings is 1. The third-order valence-corrected chi connectivity index (χ3v) is 13.2. The van der Waals surface area contributed by atoms with Crippen LogP contribution < -0.4 is 15.5 Å². The number of carbonyl (C=O) groups excluding carboxylic acids is 2. The lowest BCUT2D eigenvalue weighted by molar-refractivity contribution is -0.119. The van der Waals surface area contributed by atoms with E-state index in [0.29, 0.717) is 17.4 Å². The number of alkyl carbamates (subject to hydrolysis) is 1. The summed E-state index contributed by atoms with van der Waals surface area (Å²) in [7, 11) is -1.81. The molecule has 46 heavy (non-hydrogen) atoms. The molecule has 2 aliphatic carbocycles. The van der Waals surface area contributed by atoms with Crippen LogP contribution in [0, 0.1) is 23.6 Å². The Morgan fingerprint density at radius 3 is 2.35 bits per heavy atom. The van der Waals surface area contributed by atoms with E-state index in [-0.39, 0.29) is 34.9 Å². The van der Waals surface area contributed by atoms with Crippen molar-refractivity contribution >= 4 is 27.5 Å². The molecule has 2 aliphatic heterocycles. The molecule has 2 aromatic carbocycles. The molecular weight excluding hydrogens is 607 g/mol. The fraction of sp³-hybridized carbons (Fsp3) is 0.600. The molecule has 2 N–H and O–H groups in total. The van der Waals surface area contributed by atoms with Gasteiger partial charge in [0, 0.05) is 56.2 Å². The molecule has 3 atom stereocenters. The smallest absolute Gasteiger partial charge is 0.407 e. The summed E-state index contributed by atoms with van der Waals surface area (Å²) in [5.74, 6) is 0.310. The highest BCUT2D eigenvalue weighted by Crippen LogP contribution is 2.50. The van der Waals surface area contributed by atoms with E-state index in [1.807, 2.05) is 18.2 Å². The molecule has 0 spiro atoms. The molecule has 0 radical (unpaired) electrons. The predicted octanol–water partition coefficient (Wildman–Crippen LogP) is 4.51. The van der Waals surface area contributed by atoms with Gasteiger partial charge in [-0.2, -0.15) is 0 Å². The highest BCUT2D eigenvalue weighted by Gasteiger charge is 2.52. The van der Waals surface area contributed by atoms with Crippen molar-refractivity contribution in [3.05, 3.63) is 59.9 Å². The summed E-state index contributed by atoms with van der Waals surface area (Å²) in [6.45, 7) is 6.59. The number of anilines is 1. The normalized spacial score (nSPS) is 24.2. The Balaban J connectivity index is 1.13. The number of nitrogens with zero attached hydrogens (tertiary/aromatic N) is 2. The van der Waals surface area contributed by atoms with Gasteiger partial charge in [0.1, 0.15) is 5.82 Å². The summed E-state index contributed by atoms with van der Waals surface area (Å²) in [6, 6.07) is 14.1. The molecule has 4 aliphatic rings. The topological polar surface area (TPSA) is 108 Å². The number of ether oxygens (including phenoxy) is 1. The number of carbonyl (C=O) groups is 2. The summed E-state index contributed by atoms with van der Waals surface area (Å²) in [5, 5.41) is 5.98. The molecule has 11 heteroatoms. The quantitative estimate of drug-likeness (QED) is 0.367. The molecule has 9 nitrogen and oxygen atoms in total. The van der Waals surface area contributed by atoms with Gasteiger partial charge in [-0.3, -0.25) is 4.79 Å². The Labute approximate surface area is 272 Å². The minimum Gasteiger partial charge on any atom is -0.453 e. The van der Waals surface area contributed by atoms with Gasteiger partial charge in [-0.05, 0) is 105 Å². The Morgan fingerprint density at radius 1 is 1.00 bits per heavy atom. The number of likely N-dealkylation sites (tertiary alicyclic amines) is 1. The molecular formula is C35H47FN4O5S. The van der Waals surface area contributed by atoms with Crippen LogP contribution in [0.25, 0.3) is 0 Å². The molecule has 1 unspecified atom stereocenters. The van der Waals surface area contributed by atoms with Gasteiger partial charge in [0.2, 0.25) is 5.91 Å². The number of hydrogen-bond donors (Lipinski definition) is 2. The number of hydrogen-bond acceptors (Lipinski definition) is 7. The monoisotopic (exact) mass is 654 g/mol. The highest BCUT2D eigenvalue weighted by molar-refractivity contribution is 7.92. The maximum absolute atomic E-state index is 14.8. The molecule has 2 aromatic rings. The molecule has 4 fully saturated rings. The predicted molar refractivity (Wildman–Crippen MR) is 175 cm³/mol. The van der Waals surface area contributed by atoms with Crippen molar-refractivity contribution in [2.75, 3.05) is 51.3 Å². The van der Waals surface area contributed by atoms with E-state index in [0.717, 1.165) is 88.9 Å². The average molecular weight is 655 g/mol. The zero-order valence-corrected chi connectivity index (χ0v) is 27.7. The second-order valence-electron chi connectivity index (χ2n) is 13.8. The maximum Gasteiger partial charge on any atom is 0.407 e. The summed E-state index contributed by atoms with van der Waals surface area (Å²) in [6.07, 6.45) is 5.51. The second-order valence-corrected chi connectivity index (χ2v) is 16.1. The lowest BCUT2D eigenvalue weighted by atomic mass is 9.58. The van der Waals surface area contributed by atoms with Crippen LogP contribution >= 0.6 is 0 Å². The molecule has 250 valence electrons. The van der Waals surface area contributed by atoms with Crippen molar-refractivity contribution in [1.82, 2.24) is 15.5 Å². The third-order valence-electron chi connectivity index (χ3n) is 10.9. The van der Waals surface area contributed by atoms with Crippen LogP contribution in [0.3, 0.4) is 0 Å². The van der Waals surface area contributed by atoms with Crippen molar-refractivity contribution in [2.45, 2.75) is 73.5 Å². The average Bonchev–Trinajstić information content (AvgIpc) is 3.80. The first-order valence-corrected chi connectivity index (χ1v) is 18.3. The summed E-state index contributed by atoms with van der Waals surface area (Å²) in [5.41, 5.74) is 1.40. The van der Waals surface area contributed by atoms with Crippen LogP contribution in [-0.2, 0) is 24.8 Å². The first kappa shape index (κ1) is 32.7. The number of methoxy groups -OCH3 is 1. The fourth-order valence-electron chi connectivity index (χ4n) is 8.45. The van der Waals surface area contributed by atoms with Gasteiger partial charge < -0.3 is 25.2 Å². The molecule has 2 saturated carbocycles. The van der Waals surface area contributed by atoms with Gasteiger partial charge in [-0.15, -0.1) is 0 Å². The molecule has 0 aromatic heterocycles. The number of benzene rings is 2. The Hall–Kier alpha value is -3.18. The third kappa shape index (κ3) is 6.76. The van der Waals surface area contributed by atoms with Crippen molar-refractivity contribution in [1.29, 1.82) is 0 Å². The number of sulfone groups is 1. The largest absolute Gasteiger partial charge is 0.453 e. The van der Waals surface area contributed by atoms with Gasteiger partial charge in [-0.25, -0.2) is 17.6 Å². The molecule has 2 heterocycles. The summed E-state index contributed by atoms with van der Waals surface area (Å²) < 4.78 is 44.9. The highest BCUT2D eigenvalue weighted by atomic mass is 32.2. The Morgan fingerprint density at radius 2 is 1.72 bits per heavy atom. The van der Waals surface area contributed by atoms with Crippen molar-refractivity contribution < 1.29 is 27.1 Å². The zero-order valence-electron chi connectivity index (χ0n) is 26.9. The van der Waals surface area contributed by atoms with Crippen LogP contribution in [0.1, 0.15) is 57.4 Å². The molecule has 0 bridgehead atoms. The summed E-state index contributed by atoms with van der Waals surface area (Å²) >= 11 is 0. The first-order chi connectivity index (χ1) is 22.1. The number of nitrogens with one attached hydrogen (secondary N) is 2. The minimum atomic E-state index is -3.17. The van der Waals surface area contributed by atoms with E-state index >= 15 is 0 Å². The molecule has 2 saturated heterocycles. The van der Waals surface area contributed by atoms with Crippen LogP contribution in [-0.4, -0.2) is 83.0 Å².